The molecule has 0 bridgehead atoms. The van der Waals surface area contributed by atoms with Gasteiger partial charge in [-0.1, -0.05) is 25.1 Å². The van der Waals surface area contributed by atoms with E-state index < -0.39 is 0 Å². The lowest BCUT2D eigenvalue weighted by Gasteiger charge is -1.99. The lowest BCUT2D eigenvalue weighted by molar-refractivity contribution is 0.563. The monoisotopic (exact) mass is 313 g/mol. The summed E-state index contributed by atoms with van der Waals surface area (Å²) in [4.78, 5) is 16.5. The van der Waals surface area contributed by atoms with Gasteiger partial charge in [0.1, 0.15) is 5.58 Å². The summed E-state index contributed by atoms with van der Waals surface area (Å²) in [5.41, 5.74) is 5.14. The molecule has 0 aliphatic rings. The number of hydrazone groups is 1. The Hall–Kier alpha value is -2.47. The molecule has 5 nitrogen and oxygen atoms in total. The van der Waals surface area contributed by atoms with Gasteiger partial charge in [0.15, 0.2) is 0 Å². The van der Waals surface area contributed by atoms with Crippen molar-refractivity contribution in [3.8, 4) is 11.3 Å². The molecule has 0 spiro atoms. The molecule has 0 saturated carbocycles. The van der Waals surface area contributed by atoms with E-state index in [-0.39, 0.29) is 5.63 Å². The Morgan fingerprint density at radius 1 is 1.41 bits per heavy atom. The number of thiazole rings is 1. The first-order valence-electron chi connectivity index (χ1n) is 6.95. The fourth-order valence-corrected chi connectivity index (χ4v) is 2.56. The van der Waals surface area contributed by atoms with Gasteiger partial charge in [-0.3, -0.25) is 5.43 Å². The van der Waals surface area contributed by atoms with Gasteiger partial charge in [-0.05, 0) is 25.5 Å². The Balaban J connectivity index is 1.96. The average Bonchev–Trinajstić information content (AvgIpc) is 3.00. The predicted octanol–water partition coefficient (Wildman–Crippen LogP) is 4.11. The largest absolute Gasteiger partial charge is 0.422 e. The number of anilines is 1. The van der Waals surface area contributed by atoms with Crippen LogP contribution in [0.3, 0.4) is 0 Å². The van der Waals surface area contributed by atoms with Gasteiger partial charge in [0, 0.05) is 16.5 Å². The number of nitrogens with one attached hydrogen (secondary N) is 1. The standard InChI is InChI=1S/C16H15N3O2S/c1-3-10(2)18-19-16-17-13(9-22-16)12-8-11-6-4-5-7-14(11)21-15(12)20/h4-9H,3H2,1-2H3,(H,17,19)/b18-10-. The first kappa shape index (κ1) is 14.5. The smallest absolute Gasteiger partial charge is 0.345 e. The zero-order valence-electron chi connectivity index (χ0n) is 12.3. The van der Waals surface area contributed by atoms with Gasteiger partial charge >= 0.3 is 5.63 Å². The molecule has 0 aliphatic heterocycles. The number of para-hydroxylation sites is 1. The maximum atomic E-state index is 12.1. The zero-order valence-corrected chi connectivity index (χ0v) is 13.1. The van der Waals surface area contributed by atoms with E-state index >= 15 is 0 Å². The molecule has 112 valence electrons. The highest BCUT2D eigenvalue weighted by Gasteiger charge is 2.11. The molecule has 0 atom stereocenters. The topological polar surface area (TPSA) is 67.5 Å². The molecule has 3 rings (SSSR count). The lowest BCUT2D eigenvalue weighted by Crippen LogP contribution is -2.03. The van der Waals surface area contributed by atoms with E-state index in [2.05, 4.69) is 15.5 Å². The van der Waals surface area contributed by atoms with Crippen LogP contribution in [0.2, 0.25) is 0 Å². The quantitative estimate of drug-likeness (QED) is 0.447. The Morgan fingerprint density at radius 2 is 2.23 bits per heavy atom. The second-order valence-electron chi connectivity index (χ2n) is 4.84. The number of aromatic nitrogens is 1. The molecule has 22 heavy (non-hydrogen) atoms. The minimum Gasteiger partial charge on any atom is -0.422 e. The summed E-state index contributed by atoms with van der Waals surface area (Å²) in [6, 6.07) is 9.23. The number of nitrogens with zero attached hydrogens (tertiary/aromatic N) is 2. The molecule has 1 aromatic carbocycles. The van der Waals surface area contributed by atoms with Crippen LogP contribution in [0.1, 0.15) is 20.3 Å². The van der Waals surface area contributed by atoms with Gasteiger partial charge in [0.25, 0.3) is 0 Å². The van der Waals surface area contributed by atoms with Crippen molar-refractivity contribution in [3.63, 3.8) is 0 Å². The fraction of sp³-hybridized carbons (Fsp3) is 0.188. The summed E-state index contributed by atoms with van der Waals surface area (Å²) < 4.78 is 5.33. The van der Waals surface area contributed by atoms with Crippen molar-refractivity contribution >= 4 is 33.1 Å². The van der Waals surface area contributed by atoms with Crippen molar-refractivity contribution in [2.24, 2.45) is 5.10 Å². The summed E-state index contributed by atoms with van der Waals surface area (Å²) in [7, 11) is 0. The maximum Gasteiger partial charge on any atom is 0.345 e. The van der Waals surface area contributed by atoms with Crippen molar-refractivity contribution < 1.29 is 4.42 Å². The minimum atomic E-state index is -0.385. The summed E-state index contributed by atoms with van der Waals surface area (Å²) in [5.74, 6) is 0. The van der Waals surface area contributed by atoms with Gasteiger partial charge in [0.2, 0.25) is 5.13 Å². The molecular weight excluding hydrogens is 298 g/mol. The second kappa shape index (κ2) is 6.11. The third kappa shape index (κ3) is 2.92. The third-order valence-electron chi connectivity index (χ3n) is 3.28. The van der Waals surface area contributed by atoms with E-state index in [1.165, 1.54) is 11.3 Å². The van der Waals surface area contributed by atoms with Gasteiger partial charge in [-0.15, -0.1) is 11.3 Å². The second-order valence-corrected chi connectivity index (χ2v) is 5.69. The van der Waals surface area contributed by atoms with E-state index in [1.807, 2.05) is 37.4 Å². The SMILES string of the molecule is CC/C(C)=N\Nc1nc(-c2cc3ccccc3oc2=O)cs1. The minimum absolute atomic E-state index is 0.385. The van der Waals surface area contributed by atoms with E-state index in [0.717, 1.165) is 17.5 Å². The Labute approximate surface area is 131 Å². The number of hydrogen-bond donors (Lipinski definition) is 1. The molecule has 0 amide bonds. The molecule has 0 unspecified atom stereocenters. The van der Waals surface area contributed by atoms with Crippen molar-refractivity contribution in [2.75, 3.05) is 5.43 Å². The van der Waals surface area contributed by atoms with Crippen LogP contribution in [-0.2, 0) is 0 Å². The summed E-state index contributed by atoms with van der Waals surface area (Å²) >= 11 is 1.40. The predicted molar refractivity (Wildman–Crippen MR) is 90.6 cm³/mol. The van der Waals surface area contributed by atoms with Gasteiger partial charge in [0.05, 0.1) is 11.3 Å². The first-order chi connectivity index (χ1) is 10.7. The van der Waals surface area contributed by atoms with Crippen LogP contribution in [0, 0.1) is 0 Å². The van der Waals surface area contributed by atoms with Crippen LogP contribution in [-0.4, -0.2) is 10.7 Å². The van der Waals surface area contributed by atoms with E-state index in [1.54, 1.807) is 12.1 Å². The van der Waals surface area contributed by atoms with Crippen LogP contribution in [0.25, 0.3) is 22.2 Å². The Kier molecular flexibility index (Phi) is 4.02. The third-order valence-corrected chi connectivity index (χ3v) is 4.02. The van der Waals surface area contributed by atoms with E-state index in [4.69, 9.17) is 4.42 Å². The molecular formula is C16H15N3O2S. The fourth-order valence-electron chi connectivity index (χ4n) is 1.91. The molecule has 0 radical (unpaired) electrons. The highest BCUT2D eigenvalue weighted by Crippen LogP contribution is 2.25. The van der Waals surface area contributed by atoms with E-state index in [0.29, 0.717) is 22.0 Å². The van der Waals surface area contributed by atoms with Crippen LogP contribution in [0.15, 0.2) is 50.0 Å². The number of hydrogen-bond acceptors (Lipinski definition) is 6. The van der Waals surface area contributed by atoms with Gasteiger partial charge in [-0.25, -0.2) is 9.78 Å². The Bertz CT molecular complexity index is 896. The lowest BCUT2D eigenvalue weighted by atomic mass is 10.1. The number of benzene rings is 1. The Morgan fingerprint density at radius 3 is 3.05 bits per heavy atom. The molecule has 0 aliphatic carbocycles. The molecule has 6 heteroatoms. The average molecular weight is 313 g/mol. The van der Waals surface area contributed by atoms with Gasteiger partial charge in [-0.2, -0.15) is 5.10 Å². The van der Waals surface area contributed by atoms with Crippen LogP contribution >= 0.6 is 11.3 Å². The number of rotatable bonds is 4. The van der Waals surface area contributed by atoms with Crippen molar-refractivity contribution in [3.05, 3.63) is 46.1 Å². The molecule has 1 N–H and O–H groups in total. The summed E-state index contributed by atoms with van der Waals surface area (Å²) in [6.45, 7) is 3.98. The summed E-state index contributed by atoms with van der Waals surface area (Å²) in [6.07, 6.45) is 0.874. The van der Waals surface area contributed by atoms with Crippen molar-refractivity contribution in [1.29, 1.82) is 0 Å². The van der Waals surface area contributed by atoms with Crippen LogP contribution in [0.5, 0.6) is 0 Å². The van der Waals surface area contributed by atoms with Crippen LogP contribution in [0.4, 0.5) is 5.13 Å². The molecule has 0 fully saturated rings. The van der Waals surface area contributed by atoms with Crippen molar-refractivity contribution in [2.45, 2.75) is 20.3 Å². The number of fused-ring (bicyclic) bond motifs is 1. The van der Waals surface area contributed by atoms with Gasteiger partial charge < -0.3 is 4.42 Å². The molecule has 3 aromatic rings. The highest BCUT2D eigenvalue weighted by molar-refractivity contribution is 7.14. The first-order valence-corrected chi connectivity index (χ1v) is 7.83. The highest BCUT2D eigenvalue weighted by atomic mass is 32.1. The zero-order chi connectivity index (χ0) is 15.5. The normalized spacial score (nSPS) is 11.8. The molecule has 2 aromatic heterocycles. The van der Waals surface area contributed by atoms with Crippen molar-refractivity contribution in [1.82, 2.24) is 4.98 Å². The molecule has 2 heterocycles. The molecule has 0 saturated heterocycles. The summed E-state index contributed by atoms with van der Waals surface area (Å²) in [5, 5.41) is 7.55. The van der Waals surface area contributed by atoms with E-state index in [9.17, 15) is 4.79 Å². The van der Waals surface area contributed by atoms with Crippen LogP contribution < -0.4 is 11.1 Å². The maximum absolute atomic E-state index is 12.1.